The fourth-order valence-corrected chi connectivity index (χ4v) is 1.26. The number of ether oxygens (including phenoxy) is 1. The molecule has 0 aromatic heterocycles. The monoisotopic (exact) mass is 247 g/mol. The summed E-state index contributed by atoms with van der Waals surface area (Å²) in [6.07, 6.45) is -4.31. The summed E-state index contributed by atoms with van der Waals surface area (Å²) >= 11 is 0. The molecule has 0 saturated heterocycles. The van der Waals surface area contributed by atoms with Crippen molar-refractivity contribution in [1.82, 2.24) is 5.32 Å². The average molecular weight is 247 g/mol. The Morgan fingerprint density at radius 1 is 1.24 bits per heavy atom. The number of alkyl halides is 3. The van der Waals surface area contributed by atoms with Crippen molar-refractivity contribution >= 4 is 0 Å². The molecule has 0 aliphatic carbocycles. The van der Waals surface area contributed by atoms with E-state index >= 15 is 0 Å². The highest BCUT2D eigenvalue weighted by molar-refractivity contribution is 5.33. The SMILES string of the molecule is CC(C)NCc1ccccc1OCC(F)(F)F. The minimum atomic E-state index is -4.31. The third-order valence-corrected chi connectivity index (χ3v) is 2.06. The van der Waals surface area contributed by atoms with Crippen LogP contribution in [0.3, 0.4) is 0 Å². The van der Waals surface area contributed by atoms with Gasteiger partial charge in [0.2, 0.25) is 0 Å². The fourth-order valence-electron chi connectivity index (χ4n) is 1.26. The van der Waals surface area contributed by atoms with Gasteiger partial charge < -0.3 is 10.1 Å². The summed E-state index contributed by atoms with van der Waals surface area (Å²) in [5.74, 6) is 0.276. The Morgan fingerprint density at radius 2 is 1.88 bits per heavy atom. The van der Waals surface area contributed by atoms with Crippen molar-refractivity contribution in [2.24, 2.45) is 0 Å². The number of rotatable bonds is 5. The van der Waals surface area contributed by atoms with Crippen LogP contribution >= 0.6 is 0 Å². The molecule has 0 spiro atoms. The van der Waals surface area contributed by atoms with Crippen LogP contribution in [-0.2, 0) is 6.54 Å². The van der Waals surface area contributed by atoms with Crippen molar-refractivity contribution in [2.75, 3.05) is 6.61 Å². The average Bonchev–Trinajstić information content (AvgIpc) is 2.23. The normalized spacial score (nSPS) is 11.9. The second-order valence-electron chi connectivity index (χ2n) is 4.05. The molecule has 0 heterocycles. The molecule has 0 atom stereocenters. The van der Waals surface area contributed by atoms with Crippen molar-refractivity contribution in [3.05, 3.63) is 29.8 Å². The topological polar surface area (TPSA) is 21.3 Å². The van der Waals surface area contributed by atoms with Crippen LogP contribution in [0.2, 0.25) is 0 Å². The molecule has 1 rings (SSSR count). The van der Waals surface area contributed by atoms with Gasteiger partial charge in [0.25, 0.3) is 0 Å². The minimum absolute atomic E-state index is 0.269. The van der Waals surface area contributed by atoms with Crippen molar-refractivity contribution in [2.45, 2.75) is 32.6 Å². The van der Waals surface area contributed by atoms with Crippen LogP contribution in [0.15, 0.2) is 24.3 Å². The number of benzene rings is 1. The lowest BCUT2D eigenvalue weighted by molar-refractivity contribution is -0.153. The van der Waals surface area contributed by atoms with Crippen LogP contribution in [0.5, 0.6) is 5.75 Å². The van der Waals surface area contributed by atoms with Crippen LogP contribution in [-0.4, -0.2) is 18.8 Å². The maximum Gasteiger partial charge on any atom is 0.422 e. The highest BCUT2D eigenvalue weighted by Gasteiger charge is 2.28. The van der Waals surface area contributed by atoms with E-state index in [1.165, 1.54) is 0 Å². The van der Waals surface area contributed by atoms with Crippen molar-refractivity contribution in [3.8, 4) is 5.75 Å². The third-order valence-electron chi connectivity index (χ3n) is 2.06. The molecule has 0 amide bonds. The zero-order valence-electron chi connectivity index (χ0n) is 9.84. The molecule has 1 N–H and O–H groups in total. The van der Waals surface area contributed by atoms with E-state index in [-0.39, 0.29) is 11.8 Å². The molecule has 1 aromatic rings. The summed E-state index contributed by atoms with van der Waals surface area (Å²) in [5, 5.41) is 3.14. The van der Waals surface area contributed by atoms with Gasteiger partial charge in [0.1, 0.15) is 5.75 Å². The van der Waals surface area contributed by atoms with Gasteiger partial charge in [-0.2, -0.15) is 13.2 Å². The summed E-state index contributed by atoms with van der Waals surface area (Å²) < 4.78 is 40.9. The first kappa shape index (κ1) is 13.8. The standard InChI is InChI=1S/C12H16F3NO/c1-9(2)16-7-10-5-3-4-6-11(10)17-8-12(13,14)15/h3-6,9,16H,7-8H2,1-2H3. The predicted molar refractivity (Wildman–Crippen MR) is 60.0 cm³/mol. The van der Waals surface area contributed by atoms with Crippen LogP contribution in [0.1, 0.15) is 19.4 Å². The first-order valence-electron chi connectivity index (χ1n) is 5.39. The van der Waals surface area contributed by atoms with Crippen molar-refractivity contribution in [1.29, 1.82) is 0 Å². The number of para-hydroxylation sites is 1. The first-order valence-corrected chi connectivity index (χ1v) is 5.39. The molecule has 17 heavy (non-hydrogen) atoms. The summed E-state index contributed by atoms with van der Waals surface area (Å²) in [7, 11) is 0. The van der Waals surface area contributed by atoms with E-state index in [0.717, 1.165) is 5.56 Å². The van der Waals surface area contributed by atoms with Gasteiger partial charge in [-0.3, -0.25) is 0 Å². The summed E-state index contributed by atoms with van der Waals surface area (Å²) in [6, 6.07) is 7.00. The molecule has 0 fully saturated rings. The first-order chi connectivity index (χ1) is 7.88. The lowest BCUT2D eigenvalue weighted by atomic mass is 10.2. The molecule has 0 saturated carbocycles. The maximum absolute atomic E-state index is 12.0. The van der Waals surface area contributed by atoms with E-state index in [0.29, 0.717) is 6.54 Å². The molecular weight excluding hydrogens is 231 g/mol. The largest absolute Gasteiger partial charge is 0.484 e. The van der Waals surface area contributed by atoms with E-state index in [1.807, 2.05) is 13.8 Å². The Morgan fingerprint density at radius 3 is 2.47 bits per heavy atom. The molecular formula is C12H16F3NO. The molecule has 5 heteroatoms. The molecule has 2 nitrogen and oxygen atoms in total. The Hall–Kier alpha value is -1.23. The zero-order valence-corrected chi connectivity index (χ0v) is 9.84. The number of halogens is 3. The van der Waals surface area contributed by atoms with Crippen LogP contribution in [0.4, 0.5) is 13.2 Å². The van der Waals surface area contributed by atoms with Gasteiger partial charge in [-0.15, -0.1) is 0 Å². The quantitative estimate of drug-likeness (QED) is 0.863. The van der Waals surface area contributed by atoms with Crippen LogP contribution in [0.25, 0.3) is 0 Å². The van der Waals surface area contributed by atoms with Gasteiger partial charge in [0.15, 0.2) is 6.61 Å². The molecule has 0 radical (unpaired) electrons. The Labute approximate surface area is 98.8 Å². The van der Waals surface area contributed by atoms with E-state index < -0.39 is 12.8 Å². The second kappa shape index (κ2) is 5.91. The number of hydrogen-bond donors (Lipinski definition) is 1. The molecule has 0 bridgehead atoms. The summed E-state index contributed by atoms with van der Waals surface area (Å²) in [6.45, 7) is 3.18. The van der Waals surface area contributed by atoms with Crippen LogP contribution in [0, 0.1) is 0 Å². The summed E-state index contributed by atoms with van der Waals surface area (Å²) in [5.41, 5.74) is 0.727. The predicted octanol–water partition coefficient (Wildman–Crippen LogP) is 3.13. The van der Waals surface area contributed by atoms with Crippen LogP contribution < -0.4 is 10.1 Å². The Kier molecular flexibility index (Phi) is 4.81. The fraction of sp³-hybridized carbons (Fsp3) is 0.500. The van der Waals surface area contributed by atoms with Gasteiger partial charge in [-0.25, -0.2) is 0 Å². The van der Waals surface area contributed by atoms with E-state index in [1.54, 1.807) is 24.3 Å². The van der Waals surface area contributed by atoms with Gasteiger partial charge in [0.05, 0.1) is 0 Å². The molecule has 96 valence electrons. The number of hydrogen-bond acceptors (Lipinski definition) is 2. The van der Waals surface area contributed by atoms with E-state index in [9.17, 15) is 13.2 Å². The maximum atomic E-state index is 12.0. The van der Waals surface area contributed by atoms with Gasteiger partial charge >= 0.3 is 6.18 Å². The van der Waals surface area contributed by atoms with Gasteiger partial charge in [-0.05, 0) is 6.07 Å². The van der Waals surface area contributed by atoms with Gasteiger partial charge in [0, 0.05) is 18.2 Å². The molecule has 0 aliphatic heterocycles. The lowest BCUT2D eigenvalue weighted by Crippen LogP contribution is -2.23. The minimum Gasteiger partial charge on any atom is -0.484 e. The second-order valence-corrected chi connectivity index (χ2v) is 4.05. The highest BCUT2D eigenvalue weighted by Crippen LogP contribution is 2.22. The Bertz CT molecular complexity index is 350. The smallest absolute Gasteiger partial charge is 0.422 e. The van der Waals surface area contributed by atoms with Gasteiger partial charge in [-0.1, -0.05) is 32.0 Å². The van der Waals surface area contributed by atoms with E-state index in [4.69, 9.17) is 4.74 Å². The highest BCUT2D eigenvalue weighted by atomic mass is 19.4. The van der Waals surface area contributed by atoms with Crippen molar-refractivity contribution < 1.29 is 17.9 Å². The molecule has 1 aromatic carbocycles. The number of nitrogens with one attached hydrogen (secondary N) is 1. The Balaban J connectivity index is 2.64. The van der Waals surface area contributed by atoms with Crippen molar-refractivity contribution in [3.63, 3.8) is 0 Å². The summed E-state index contributed by atoms with van der Waals surface area (Å²) in [4.78, 5) is 0. The lowest BCUT2D eigenvalue weighted by Gasteiger charge is -2.14. The van der Waals surface area contributed by atoms with E-state index in [2.05, 4.69) is 5.32 Å². The molecule has 0 aliphatic rings. The molecule has 0 unspecified atom stereocenters. The third kappa shape index (κ3) is 5.58. The zero-order chi connectivity index (χ0) is 12.9.